The van der Waals surface area contributed by atoms with E-state index in [9.17, 15) is 4.79 Å². The van der Waals surface area contributed by atoms with Crippen LogP contribution >= 0.6 is 0 Å². The third kappa shape index (κ3) is 2.81. The summed E-state index contributed by atoms with van der Waals surface area (Å²) >= 11 is 0. The molecule has 1 fully saturated rings. The minimum atomic E-state index is -0.461. The van der Waals surface area contributed by atoms with Gasteiger partial charge in [0.2, 0.25) is 5.91 Å². The highest BCUT2D eigenvalue weighted by molar-refractivity contribution is 5.79. The molecule has 4 nitrogen and oxygen atoms in total. The number of carbonyl (C=O) groups is 1. The second-order valence-electron chi connectivity index (χ2n) is 3.98. The zero-order chi connectivity index (χ0) is 11.4. The topological polar surface area (TPSA) is 55.6 Å². The van der Waals surface area contributed by atoms with Crippen molar-refractivity contribution in [1.82, 2.24) is 4.90 Å². The molecule has 1 aliphatic heterocycles. The third-order valence-electron chi connectivity index (χ3n) is 2.72. The first-order valence-electron chi connectivity index (χ1n) is 5.43. The summed E-state index contributed by atoms with van der Waals surface area (Å²) in [5.41, 5.74) is 6.48. The van der Waals surface area contributed by atoms with Crippen LogP contribution in [0.15, 0.2) is 30.3 Å². The molecular weight excluding hydrogens is 204 g/mol. The third-order valence-corrected chi connectivity index (χ3v) is 2.72. The molecule has 1 aromatic rings. The van der Waals surface area contributed by atoms with E-state index in [4.69, 9.17) is 10.5 Å². The van der Waals surface area contributed by atoms with Crippen LogP contribution in [0.25, 0.3) is 0 Å². The Bertz CT molecular complexity index is 353. The Balaban J connectivity index is 1.93. The van der Waals surface area contributed by atoms with Crippen LogP contribution in [0.1, 0.15) is 5.56 Å². The van der Waals surface area contributed by atoms with Gasteiger partial charge in [0, 0.05) is 19.6 Å². The number of primary amides is 1. The number of benzene rings is 1. The molecule has 0 unspecified atom stereocenters. The van der Waals surface area contributed by atoms with Gasteiger partial charge in [-0.15, -0.1) is 0 Å². The number of ether oxygens (including phenoxy) is 1. The number of hydrogen-bond donors (Lipinski definition) is 1. The fourth-order valence-electron chi connectivity index (χ4n) is 1.86. The predicted octanol–water partition coefficient (Wildman–Crippen LogP) is 0.373. The molecule has 0 saturated carbocycles. The maximum Gasteiger partial charge on any atom is 0.247 e. The molecule has 1 aliphatic rings. The SMILES string of the molecule is NC(=O)[C@H]1CN(Cc2ccccc2)CCO1. The van der Waals surface area contributed by atoms with Gasteiger partial charge in [-0.25, -0.2) is 0 Å². The first-order valence-corrected chi connectivity index (χ1v) is 5.43. The zero-order valence-electron chi connectivity index (χ0n) is 9.13. The molecule has 0 aliphatic carbocycles. The summed E-state index contributed by atoms with van der Waals surface area (Å²) in [6, 6.07) is 10.2. The van der Waals surface area contributed by atoms with Gasteiger partial charge in [0.25, 0.3) is 0 Å². The van der Waals surface area contributed by atoms with Crippen LogP contribution in [0, 0.1) is 0 Å². The van der Waals surface area contributed by atoms with Crippen molar-refractivity contribution in [2.24, 2.45) is 5.73 Å². The molecule has 1 heterocycles. The minimum absolute atomic E-state index is 0.377. The lowest BCUT2D eigenvalue weighted by molar-refractivity contribution is -0.135. The first-order chi connectivity index (χ1) is 7.75. The lowest BCUT2D eigenvalue weighted by Gasteiger charge is -2.31. The number of amides is 1. The summed E-state index contributed by atoms with van der Waals surface area (Å²) < 4.78 is 5.29. The molecule has 1 saturated heterocycles. The monoisotopic (exact) mass is 220 g/mol. The highest BCUT2D eigenvalue weighted by atomic mass is 16.5. The van der Waals surface area contributed by atoms with Gasteiger partial charge >= 0.3 is 0 Å². The van der Waals surface area contributed by atoms with Crippen LogP contribution in [0.3, 0.4) is 0 Å². The Morgan fingerprint density at radius 3 is 2.88 bits per heavy atom. The number of rotatable bonds is 3. The smallest absolute Gasteiger partial charge is 0.247 e. The van der Waals surface area contributed by atoms with Gasteiger partial charge in [0.15, 0.2) is 0 Å². The minimum Gasteiger partial charge on any atom is -0.367 e. The molecule has 1 aromatic carbocycles. The van der Waals surface area contributed by atoms with Crippen molar-refractivity contribution in [3.63, 3.8) is 0 Å². The second kappa shape index (κ2) is 5.09. The molecule has 16 heavy (non-hydrogen) atoms. The molecule has 1 amide bonds. The van der Waals surface area contributed by atoms with E-state index >= 15 is 0 Å². The van der Waals surface area contributed by atoms with Crippen molar-refractivity contribution in [1.29, 1.82) is 0 Å². The van der Waals surface area contributed by atoms with Crippen LogP contribution < -0.4 is 5.73 Å². The molecule has 2 N–H and O–H groups in total. The standard InChI is InChI=1S/C12H16N2O2/c13-12(15)11-9-14(6-7-16-11)8-10-4-2-1-3-5-10/h1-5,11H,6-9H2,(H2,13,15)/t11-/m1/s1. The van der Waals surface area contributed by atoms with E-state index in [1.165, 1.54) is 5.56 Å². The summed E-state index contributed by atoms with van der Waals surface area (Å²) in [7, 11) is 0. The average Bonchev–Trinajstić information content (AvgIpc) is 2.30. The van der Waals surface area contributed by atoms with Gasteiger partial charge in [-0.3, -0.25) is 9.69 Å². The fourth-order valence-corrected chi connectivity index (χ4v) is 1.86. The highest BCUT2D eigenvalue weighted by Gasteiger charge is 2.24. The lowest BCUT2D eigenvalue weighted by atomic mass is 10.2. The maximum atomic E-state index is 11.0. The fraction of sp³-hybridized carbons (Fsp3) is 0.417. The Labute approximate surface area is 95.0 Å². The van der Waals surface area contributed by atoms with Gasteiger partial charge in [0.1, 0.15) is 6.10 Å². The van der Waals surface area contributed by atoms with Crippen molar-refractivity contribution in [2.45, 2.75) is 12.6 Å². The average molecular weight is 220 g/mol. The molecule has 86 valence electrons. The van der Waals surface area contributed by atoms with Gasteiger partial charge in [-0.05, 0) is 5.56 Å². The zero-order valence-corrected chi connectivity index (χ0v) is 9.13. The second-order valence-corrected chi connectivity index (χ2v) is 3.98. The normalized spacial score (nSPS) is 21.9. The molecule has 0 radical (unpaired) electrons. The van der Waals surface area contributed by atoms with Gasteiger partial charge in [-0.2, -0.15) is 0 Å². The molecular formula is C12H16N2O2. The van der Waals surface area contributed by atoms with Crippen LogP contribution in [0.5, 0.6) is 0 Å². The highest BCUT2D eigenvalue weighted by Crippen LogP contribution is 2.09. The van der Waals surface area contributed by atoms with Crippen LogP contribution in [0.4, 0.5) is 0 Å². The van der Waals surface area contributed by atoms with Crippen LogP contribution in [0.2, 0.25) is 0 Å². The quantitative estimate of drug-likeness (QED) is 0.801. The van der Waals surface area contributed by atoms with Crippen LogP contribution in [-0.4, -0.2) is 36.6 Å². The van der Waals surface area contributed by atoms with Crippen molar-refractivity contribution in [3.8, 4) is 0 Å². The molecule has 0 bridgehead atoms. The molecule has 0 aromatic heterocycles. The number of carbonyl (C=O) groups excluding carboxylic acids is 1. The van der Waals surface area contributed by atoms with E-state index in [-0.39, 0.29) is 5.91 Å². The van der Waals surface area contributed by atoms with E-state index in [0.29, 0.717) is 13.2 Å². The lowest BCUT2D eigenvalue weighted by Crippen LogP contribution is -2.47. The number of nitrogens with two attached hydrogens (primary N) is 1. The van der Waals surface area contributed by atoms with E-state index in [1.807, 2.05) is 18.2 Å². The maximum absolute atomic E-state index is 11.0. The Hall–Kier alpha value is -1.39. The van der Waals surface area contributed by atoms with E-state index in [2.05, 4.69) is 17.0 Å². The van der Waals surface area contributed by atoms with Crippen LogP contribution in [-0.2, 0) is 16.1 Å². The summed E-state index contributed by atoms with van der Waals surface area (Å²) in [4.78, 5) is 13.2. The van der Waals surface area contributed by atoms with Crippen molar-refractivity contribution in [3.05, 3.63) is 35.9 Å². The molecule has 0 spiro atoms. The summed E-state index contributed by atoms with van der Waals surface area (Å²) in [6.07, 6.45) is -0.461. The van der Waals surface area contributed by atoms with E-state index in [0.717, 1.165) is 13.1 Å². The molecule has 2 rings (SSSR count). The van der Waals surface area contributed by atoms with E-state index in [1.54, 1.807) is 0 Å². The summed E-state index contributed by atoms with van der Waals surface area (Å²) in [5.74, 6) is -0.377. The largest absolute Gasteiger partial charge is 0.367 e. The number of hydrogen-bond acceptors (Lipinski definition) is 3. The number of nitrogens with zero attached hydrogens (tertiary/aromatic N) is 1. The van der Waals surface area contributed by atoms with Gasteiger partial charge in [-0.1, -0.05) is 30.3 Å². The summed E-state index contributed by atoms with van der Waals surface area (Å²) in [6.45, 7) is 2.84. The Kier molecular flexibility index (Phi) is 3.54. The van der Waals surface area contributed by atoms with Crippen molar-refractivity contribution < 1.29 is 9.53 Å². The van der Waals surface area contributed by atoms with Gasteiger partial charge in [0.05, 0.1) is 6.61 Å². The molecule has 4 heteroatoms. The Morgan fingerprint density at radius 1 is 1.44 bits per heavy atom. The summed E-state index contributed by atoms with van der Waals surface area (Å²) in [5, 5.41) is 0. The molecule has 1 atom stereocenters. The number of morpholine rings is 1. The Morgan fingerprint density at radius 2 is 2.19 bits per heavy atom. The predicted molar refractivity (Wildman–Crippen MR) is 60.7 cm³/mol. The first kappa shape index (κ1) is 11.1. The van der Waals surface area contributed by atoms with E-state index < -0.39 is 6.10 Å². The van der Waals surface area contributed by atoms with Gasteiger partial charge < -0.3 is 10.5 Å². The van der Waals surface area contributed by atoms with Crippen molar-refractivity contribution >= 4 is 5.91 Å². The van der Waals surface area contributed by atoms with Crippen molar-refractivity contribution in [2.75, 3.05) is 19.7 Å².